The molecule has 19 heavy (non-hydrogen) atoms. The smallest absolute Gasteiger partial charge is 0.161 e. The molecule has 2 rings (SSSR count). The summed E-state index contributed by atoms with van der Waals surface area (Å²) in [5.41, 5.74) is 1.28. The topological polar surface area (TPSA) is 18.5 Å². The van der Waals surface area contributed by atoms with Gasteiger partial charge in [-0.2, -0.15) is 0 Å². The predicted molar refractivity (Wildman–Crippen MR) is 82.3 cm³/mol. The third kappa shape index (κ3) is 3.44. The number of rotatable bonds is 4. The molecule has 2 unspecified atom stereocenters. The van der Waals surface area contributed by atoms with Gasteiger partial charge >= 0.3 is 0 Å². The van der Waals surface area contributed by atoms with Crippen molar-refractivity contribution >= 4 is 15.9 Å². The Balaban J connectivity index is 2.21. The Morgan fingerprint density at radius 1 is 1.16 bits per heavy atom. The second kappa shape index (κ2) is 6.65. The maximum absolute atomic E-state index is 5.85. The summed E-state index contributed by atoms with van der Waals surface area (Å²) in [5.74, 6) is 2.85. The molecular formula is C16H23BrO2. The Morgan fingerprint density at radius 3 is 2.42 bits per heavy atom. The largest absolute Gasteiger partial charge is 0.489 e. The average molecular weight is 327 g/mol. The van der Waals surface area contributed by atoms with Gasteiger partial charge < -0.3 is 9.47 Å². The first-order valence-corrected chi connectivity index (χ1v) is 8.10. The molecule has 0 spiro atoms. The fraction of sp³-hybridized carbons (Fsp3) is 0.625. The Labute approximate surface area is 124 Å². The zero-order valence-electron chi connectivity index (χ0n) is 12.0. The molecule has 1 heterocycles. The standard InChI is InChI=1S/C16H23BrO2/c1-4-12(5-2)16(17)13-6-7-14-15(8-13)19-10-11(3)9-18-14/h6-8,11-12,16H,4-5,9-10H2,1-3H3. The number of halogens is 1. The molecule has 0 aliphatic carbocycles. The molecule has 106 valence electrons. The number of benzene rings is 1. The zero-order chi connectivity index (χ0) is 13.8. The fourth-order valence-electron chi connectivity index (χ4n) is 2.42. The number of fused-ring (bicyclic) bond motifs is 1. The summed E-state index contributed by atoms with van der Waals surface area (Å²) in [6, 6.07) is 6.32. The van der Waals surface area contributed by atoms with Gasteiger partial charge in [0.05, 0.1) is 13.2 Å². The minimum atomic E-state index is 0.386. The molecule has 1 aromatic carbocycles. The van der Waals surface area contributed by atoms with Crippen molar-refractivity contribution in [1.29, 1.82) is 0 Å². The van der Waals surface area contributed by atoms with Gasteiger partial charge in [-0.3, -0.25) is 0 Å². The number of hydrogen-bond acceptors (Lipinski definition) is 2. The van der Waals surface area contributed by atoms with E-state index in [9.17, 15) is 0 Å². The number of ether oxygens (including phenoxy) is 2. The van der Waals surface area contributed by atoms with Crippen molar-refractivity contribution in [2.75, 3.05) is 13.2 Å². The van der Waals surface area contributed by atoms with Gasteiger partial charge in [0.1, 0.15) is 0 Å². The molecular weight excluding hydrogens is 304 g/mol. The molecule has 0 saturated heterocycles. The first-order chi connectivity index (χ1) is 9.15. The molecule has 1 aliphatic heterocycles. The van der Waals surface area contributed by atoms with E-state index in [4.69, 9.17) is 9.47 Å². The van der Waals surface area contributed by atoms with Gasteiger partial charge in [-0.15, -0.1) is 0 Å². The summed E-state index contributed by atoms with van der Waals surface area (Å²) in [6.45, 7) is 8.09. The van der Waals surface area contributed by atoms with E-state index in [1.54, 1.807) is 0 Å². The van der Waals surface area contributed by atoms with Crippen molar-refractivity contribution in [3.63, 3.8) is 0 Å². The summed E-state index contributed by atoms with van der Waals surface area (Å²) in [6.07, 6.45) is 2.36. The maximum atomic E-state index is 5.85. The van der Waals surface area contributed by atoms with Crippen molar-refractivity contribution in [2.45, 2.75) is 38.4 Å². The number of alkyl halides is 1. The van der Waals surface area contributed by atoms with Gasteiger partial charge in [-0.05, 0) is 23.6 Å². The molecule has 3 heteroatoms. The fourth-order valence-corrected chi connectivity index (χ4v) is 3.45. The normalized spacial score (nSPS) is 20.2. The highest BCUT2D eigenvalue weighted by atomic mass is 79.9. The Kier molecular flexibility index (Phi) is 5.14. The predicted octanol–water partition coefficient (Wildman–Crippen LogP) is 4.97. The lowest BCUT2D eigenvalue weighted by atomic mass is 9.94. The first kappa shape index (κ1) is 14.7. The highest BCUT2D eigenvalue weighted by Gasteiger charge is 2.21. The minimum Gasteiger partial charge on any atom is -0.489 e. The van der Waals surface area contributed by atoms with Gasteiger partial charge in [0.2, 0.25) is 0 Å². The van der Waals surface area contributed by atoms with E-state index in [2.05, 4.69) is 48.8 Å². The van der Waals surface area contributed by atoms with E-state index in [1.165, 1.54) is 18.4 Å². The van der Waals surface area contributed by atoms with Crippen LogP contribution in [0.25, 0.3) is 0 Å². The quantitative estimate of drug-likeness (QED) is 0.727. The third-order valence-electron chi connectivity index (χ3n) is 3.80. The lowest BCUT2D eigenvalue weighted by Gasteiger charge is -2.21. The summed E-state index contributed by atoms with van der Waals surface area (Å²) in [5, 5.41) is 0. The summed E-state index contributed by atoms with van der Waals surface area (Å²) < 4.78 is 11.6. The molecule has 0 fully saturated rings. The van der Waals surface area contributed by atoms with Crippen LogP contribution < -0.4 is 9.47 Å². The van der Waals surface area contributed by atoms with Crippen LogP contribution in [0.15, 0.2) is 18.2 Å². The van der Waals surface area contributed by atoms with E-state index < -0.39 is 0 Å². The molecule has 0 saturated carbocycles. The third-order valence-corrected chi connectivity index (χ3v) is 5.07. The van der Waals surface area contributed by atoms with Crippen molar-refractivity contribution in [1.82, 2.24) is 0 Å². The number of hydrogen-bond donors (Lipinski definition) is 0. The Hall–Kier alpha value is -0.700. The van der Waals surface area contributed by atoms with Crippen LogP contribution in [0.3, 0.4) is 0 Å². The summed E-state index contributed by atoms with van der Waals surface area (Å²) >= 11 is 3.84. The van der Waals surface area contributed by atoms with E-state index >= 15 is 0 Å². The van der Waals surface area contributed by atoms with Gasteiger partial charge in [0.15, 0.2) is 11.5 Å². The molecule has 0 aromatic heterocycles. The van der Waals surface area contributed by atoms with E-state index in [0.717, 1.165) is 24.7 Å². The van der Waals surface area contributed by atoms with Crippen molar-refractivity contribution < 1.29 is 9.47 Å². The summed E-state index contributed by atoms with van der Waals surface area (Å²) in [7, 11) is 0. The van der Waals surface area contributed by atoms with Gasteiger partial charge in [0, 0.05) is 10.7 Å². The molecule has 1 aromatic rings. The Morgan fingerprint density at radius 2 is 1.79 bits per heavy atom. The monoisotopic (exact) mass is 326 g/mol. The highest BCUT2D eigenvalue weighted by molar-refractivity contribution is 9.09. The van der Waals surface area contributed by atoms with Crippen molar-refractivity contribution in [3.05, 3.63) is 23.8 Å². The van der Waals surface area contributed by atoms with Crippen molar-refractivity contribution in [2.24, 2.45) is 11.8 Å². The van der Waals surface area contributed by atoms with Crippen LogP contribution in [0.1, 0.15) is 44.0 Å². The van der Waals surface area contributed by atoms with Crippen LogP contribution in [0.4, 0.5) is 0 Å². The van der Waals surface area contributed by atoms with E-state index in [0.29, 0.717) is 16.7 Å². The van der Waals surface area contributed by atoms with Crippen LogP contribution in [0.5, 0.6) is 11.5 Å². The minimum absolute atomic E-state index is 0.386. The second-order valence-electron chi connectivity index (χ2n) is 5.41. The maximum Gasteiger partial charge on any atom is 0.161 e. The van der Waals surface area contributed by atoms with Crippen LogP contribution in [-0.4, -0.2) is 13.2 Å². The highest BCUT2D eigenvalue weighted by Crippen LogP contribution is 2.39. The van der Waals surface area contributed by atoms with Crippen molar-refractivity contribution in [3.8, 4) is 11.5 Å². The average Bonchev–Trinajstić information content (AvgIpc) is 2.62. The molecule has 0 amide bonds. The van der Waals surface area contributed by atoms with Gasteiger partial charge in [-0.1, -0.05) is 55.6 Å². The molecule has 0 radical (unpaired) electrons. The van der Waals surface area contributed by atoms with Crippen LogP contribution in [0, 0.1) is 11.8 Å². The van der Waals surface area contributed by atoms with Gasteiger partial charge in [0.25, 0.3) is 0 Å². The zero-order valence-corrected chi connectivity index (χ0v) is 13.6. The molecule has 0 bridgehead atoms. The SMILES string of the molecule is CCC(CC)C(Br)c1ccc2c(c1)OCC(C)CO2. The molecule has 2 atom stereocenters. The summed E-state index contributed by atoms with van der Waals surface area (Å²) in [4.78, 5) is 0.386. The Bertz CT molecular complexity index is 415. The van der Waals surface area contributed by atoms with E-state index in [-0.39, 0.29) is 0 Å². The lowest BCUT2D eigenvalue weighted by molar-refractivity contribution is 0.228. The van der Waals surface area contributed by atoms with Crippen LogP contribution in [-0.2, 0) is 0 Å². The lowest BCUT2D eigenvalue weighted by Crippen LogP contribution is -2.12. The first-order valence-electron chi connectivity index (χ1n) is 7.19. The van der Waals surface area contributed by atoms with E-state index in [1.807, 2.05) is 6.07 Å². The van der Waals surface area contributed by atoms with Crippen LogP contribution in [0.2, 0.25) is 0 Å². The molecule has 0 N–H and O–H groups in total. The molecule has 2 nitrogen and oxygen atoms in total. The van der Waals surface area contributed by atoms with Gasteiger partial charge in [-0.25, -0.2) is 0 Å². The van der Waals surface area contributed by atoms with Crippen LogP contribution >= 0.6 is 15.9 Å². The second-order valence-corrected chi connectivity index (χ2v) is 6.40. The molecule has 1 aliphatic rings.